The van der Waals surface area contributed by atoms with Crippen molar-refractivity contribution in [2.45, 2.75) is 0 Å². The van der Waals surface area contributed by atoms with E-state index >= 15 is 0 Å². The summed E-state index contributed by atoms with van der Waals surface area (Å²) in [5, 5.41) is 2.94. The molecule has 84 valence electrons. The number of hydrogen-bond acceptors (Lipinski definition) is 5. The zero-order valence-corrected chi connectivity index (χ0v) is 8.79. The minimum absolute atomic E-state index is 0.226. The standard InChI is InChI=1S/C8H13N3O3S/c9-3-4-11-7-2-1-6(10)5-8(7)14-15(12)13/h1-2,5,11H,3-4,9-10H2,(H,12,13). The minimum atomic E-state index is -2.37. The van der Waals surface area contributed by atoms with Gasteiger partial charge in [-0.25, -0.2) is 0 Å². The number of hydrogen-bond donors (Lipinski definition) is 4. The van der Waals surface area contributed by atoms with Crippen molar-refractivity contribution in [1.82, 2.24) is 0 Å². The van der Waals surface area contributed by atoms with Crippen LogP contribution >= 0.6 is 0 Å². The van der Waals surface area contributed by atoms with Crippen molar-refractivity contribution in [2.24, 2.45) is 5.73 Å². The Labute approximate surface area is 90.1 Å². The van der Waals surface area contributed by atoms with Crippen LogP contribution < -0.4 is 21.0 Å². The molecule has 1 aromatic rings. The van der Waals surface area contributed by atoms with Gasteiger partial charge in [0.05, 0.1) is 5.69 Å². The summed E-state index contributed by atoms with van der Waals surface area (Å²) in [7, 11) is 0. The van der Waals surface area contributed by atoms with Gasteiger partial charge in [-0.1, -0.05) is 0 Å². The van der Waals surface area contributed by atoms with E-state index in [4.69, 9.17) is 16.0 Å². The first-order valence-corrected chi connectivity index (χ1v) is 5.29. The summed E-state index contributed by atoms with van der Waals surface area (Å²) < 4.78 is 23.8. The lowest BCUT2D eigenvalue weighted by Crippen LogP contribution is -2.14. The van der Waals surface area contributed by atoms with Crippen molar-refractivity contribution in [2.75, 3.05) is 24.1 Å². The molecule has 6 nitrogen and oxygen atoms in total. The number of rotatable bonds is 5. The SMILES string of the molecule is NCCNc1ccc(N)cc1OS(=O)O. The third-order valence-electron chi connectivity index (χ3n) is 1.63. The quantitative estimate of drug-likeness (QED) is 0.424. The lowest BCUT2D eigenvalue weighted by atomic mass is 10.2. The molecule has 0 saturated carbocycles. The summed E-state index contributed by atoms with van der Waals surface area (Å²) in [4.78, 5) is 0. The van der Waals surface area contributed by atoms with Crippen molar-refractivity contribution in [1.29, 1.82) is 0 Å². The van der Waals surface area contributed by atoms with E-state index in [0.29, 0.717) is 24.5 Å². The van der Waals surface area contributed by atoms with Crippen molar-refractivity contribution < 1.29 is 12.9 Å². The maximum absolute atomic E-state index is 10.5. The van der Waals surface area contributed by atoms with E-state index in [9.17, 15) is 4.21 Å². The molecule has 7 heteroatoms. The summed E-state index contributed by atoms with van der Waals surface area (Å²) in [6, 6.07) is 4.78. The maximum atomic E-state index is 10.5. The van der Waals surface area contributed by atoms with Crippen LogP contribution in [-0.2, 0) is 11.4 Å². The van der Waals surface area contributed by atoms with Crippen LogP contribution in [0.4, 0.5) is 11.4 Å². The van der Waals surface area contributed by atoms with Gasteiger partial charge in [0.2, 0.25) is 0 Å². The molecule has 0 spiro atoms. The number of nitrogen functional groups attached to an aromatic ring is 1. The Bertz CT molecular complexity index is 359. The Kier molecular flexibility index (Phi) is 4.35. The van der Waals surface area contributed by atoms with E-state index < -0.39 is 11.4 Å². The van der Waals surface area contributed by atoms with E-state index in [2.05, 4.69) is 9.50 Å². The lowest BCUT2D eigenvalue weighted by molar-refractivity contribution is 0.459. The van der Waals surface area contributed by atoms with Crippen LogP contribution in [0.3, 0.4) is 0 Å². The Hall–Kier alpha value is -1.31. The molecule has 1 unspecified atom stereocenters. The molecule has 6 N–H and O–H groups in total. The Morgan fingerprint density at radius 2 is 2.27 bits per heavy atom. The van der Waals surface area contributed by atoms with Crippen LogP contribution in [0.2, 0.25) is 0 Å². The van der Waals surface area contributed by atoms with Crippen LogP contribution in [-0.4, -0.2) is 21.9 Å². The van der Waals surface area contributed by atoms with Gasteiger partial charge in [0, 0.05) is 24.8 Å². The molecule has 0 saturated heterocycles. The summed E-state index contributed by atoms with van der Waals surface area (Å²) in [6.07, 6.45) is 0. The van der Waals surface area contributed by atoms with Gasteiger partial charge in [-0.3, -0.25) is 4.55 Å². The molecule has 1 atom stereocenters. The Morgan fingerprint density at radius 1 is 1.53 bits per heavy atom. The lowest BCUT2D eigenvalue weighted by Gasteiger charge is -2.10. The van der Waals surface area contributed by atoms with Crippen molar-refractivity contribution in [3.63, 3.8) is 0 Å². The molecule has 0 heterocycles. The average molecular weight is 231 g/mol. The number of anilines is 2. The van der Waals surface area contributed by atoms with E-state index in [0.717, 1.165) is 0 Å². The molecule has 0 amide bonds. The zero-order valence-electron chi connectivity index (χ0n) is 7.97. The molecular weight excluding hydrogens is 218 g/mol. The highest BCUT2D eigenvalue weighted by molar-refractivity contribution is 7.74. The van der Waals surface area contributed by atoms with Crippen LogP contribution in [0, 0.1) is 0 Å². The van der Waals surface area contributed by atoms with Gasteiger partial charge in [-0.2, -0.15) is 4.21 Å². The highest BCUT2D eigenvalue weighted by atomic mass is 32.2. The molecular formula is C8H13N3O3S. The first-order chi connectivity index (χ1) is 7.13. The van der Waals surface area contributed by atoms with Crippen molar-refractivity contribution in [3.05, 3.63) is 18.2 Å². The zero-order chi connectivity index (χ0) is 11.3. The number of nitrogens with one attached hydrogen (secondary N) is 1. The fourth-order valence-electron chi connectivity index (χ4n) is 1.04. The third-order valence-corrected chi connectivity index (χ3v) is 1.95. The molecule has 0 bridgehead atoms. The fourth-order valence-corrected chi connectivity index (χ4v) is 1.33. The van der Waals surface area contributed by atoms with E-state index in [-0.39, 0.29) is 5.75 Å². The van der Waals surface area contributed by atoms with E-state index in [1.807, 2.05) is 0 Å². The van der Waals surface area contributed by atoms with Gasteiger partial charge in [0.1, 0.15) is 0 Å². The van der Waals surface area contributed by atoms with E-state index in [1.165, 1.54) is 6.07 Å². The van der Waals surface area contributed by atoms with Crippen LogP contribution in [0.5, 0.6) is 5.75 Å². The van der Waals surface area contributed by atoms with Gasteiger partial charge >= 0.3 is 11.4 Å². The largest absolute Gasteiger partial charge is 0.399 e. The van der Waals surface area contributed by atoms with Crippen molar-refractivity contribution >= 4 is 22.7 Å². The summed E-state index contributed by atoms with van der Waals surface area (Å²) in [5.41, 5.74) is 11.9. The highest BCUT2D eigenvalue weighted by Crippen LogP contribution is 2.27. The molecule has 0 radical (unpaired) electrons. The molecule has 15 heavy (non-hydrogen) atoms. The molecule has 0 aliphatic carbocycles. The molecule has 0 aliphatic rings. The molecule has 1 aromatic carbocycles. The second kappa shape index (κ2) is 5.54. The Balaban J connectivity index is 2.87. The van der Waals surface area contributed by atoms with Crippen LogP contribution in [0.25, 0.3) is 0 Å². The third kappa shape index (κ3) is 3.74. The smallest absolute Gasteiger partial charge is 0.357 e. The topological polar surface area (TPSA) is 111 Å². The van der Waals surface area contributed by atoms with Crippen LogP contribution in [0.15, 0.2) is 18.2 Å². The average Bonchev–Trinajstić information content (AvgIpc) is 2.16. The molecule has 0 fully saturated rings. The highest BCUT2D eigenvalue weighted by Gasteiger charge is 2.06. The summed E-state index contributed by atoms with van der Waals surface area (Å²) in [5.74, 6) is 0.226. The van der Waals surface area contributed by atoms with Gasteiger partial charge in [-0.15, -0.1) is 0 Å². The maximum Gasteiger partial charge on any atom is 0.357 e. The minimum Gasteiger partial charge on any atom is -0.399 e. The predicted octanol–water partition coefficient (Wildman–Crippen LogP) is 0.155. The molecule has 0 aromatic heterocycles. The number of nitrogens with two attached hydrogens (primary N) is 2. The van der Waals surface area contributed by atoms with Gasteiger partial charge in [-0.05, 0) is 12.1 Å². The Morgan fingerprint density at radius 3 is 2.87 bits per heavy atom. The van der Waals surface area contributed by atoms with Gasteiger partial charge < -0.3 is 21.0 Å². The van der Waals surface area contributed by atoms with Crippen LogP contribution in [0.1, 0.15) is 0 Å². The summed E-state index contributed by atoms with van der Waals surface area (Å²) in [6.45, 7) is 0.990. The second-order valence-electron chi connectivity index (χ2n) is 2.77. The fraction of sp³-hybridized carbons (Fsp3) is 0.250. The predicted molar refractivity (Wildman–Crippen MR) is 59.8 cm³/mol. The number of benzene rings is 1. The summed E-state index contributed by atoms with van der Waals surface area (Å²) >= 11 is -2.37. The first-order valence-electron chi connectivity index (χ1n) is 4.26. The van der Waals surface area contributed by atoms with Gasteiger partial charge in [0.15, 0.2) is 5.75 Å². The van der Waals surface area contributed by atoms with Crippen molar-refractivity contribution in [3.8, 4) is 5.75 Å². The normalized spacial score (nSPS) is 12.1. The van der Waals surface area contributed by atoms with E-state index in [1.54, 1.807) is 12.1 Å². The molecule has 1 rings (SSSR count). The second-order valence-corrected chi connectivity index (χ2v) is 3.37. The molecule has 0 aliphatic heterocycles. The monoisotopic (exact) mass is 231 g/mol. The van der Waals surface area contributed by atoms with Gasteiger partial charge in [0.25, 0.3) is 0 Å². The first kappa shape index (κ1) is 11.8.